The summed E-state index contributed by atoms with van der Waals surface area (Å²) in [7, 11) is 0. The Morgan fingerprint density at radius 1 is 1.24 bits per heavy atom. The molecule has 4 aromatic rings. The fraction of sp³-hybridized carbons (Fsp3) is 0.208. The number of fused-ring (bicyclic) bond motifs is 1. The molecule has 1 aliphatic carbocycles. The summed E-state index contributed by atoms with van der Waals surface area (Å²) in [5.41, 5.74) is 1.49. The maximum absolute atomic E-state index is 15.5. The van der Waals surface area contributed by atoms with Crippen molar-refractivity contribution in [2.45, 2.75) is 32.4 Å². The van der Waals surface area contributed by atoms with Crippen LogP contribution in [0.5, 0.6) is 5.75 Å². The highest BCUT2D eigenvalue weighted by Gasteiger charge is 2.26. The maximum Gasteiger partial charge on any atom is 0.258 e. The van der Waals surface area contributed by atoms with Crippen LogP contribution in [-0.2, 0) is 6.61 Å². The minimum Gasteiger partial charge on any atom is -0.508 e. The van der Waals surface area contributed by atoms with Gasteiger partial charge >= 0.3 is 0 Å². The van der Waals surface area contributed by atoms with E-state index in [-0.39, 0.29) is 40.5 Å². The van der Waals surface area contributed by atoms with Crippen LogP contribution in [0, 0.1) is 5.82 Å². The van der Waals surface area contributed by atoms with Crippen LogP contribution in [0.15, 0.2) is 49.1 Å². The number of hydrogen-bond acceptors (Lipinski definition) is 5. The number of ketones is 1. The number of rotatable bonds is 6. The molecule has 33 heavy (non-hydrogen) atoms. The number of aliphatic hydroxyl groups excluding tert-OH is 1. The summed E-state index contributed by atoms with van der Waals surface area (Å²) in [4.78, 5) is 25.4. The van der Waals surface area contributed by atoms with Gasteiger partial charge in [-0.25, -0.2) is 4.39 Å². The number of carbonyl (C=O) groups excluding carboxylic acids is 2. The fourth-order valence-corrected chi connectivity index (χ4v) is 3.94. The Labute approximate surface area is 187 Å². The molecule has 0 aliphatic heterocycles. The Bertz CT molecular complexity index is 1420. The summed E-state index contributed by atoms with van der Waals surface area (Å²) >= 11 is 0. The van der Waals surface area contributed by atoms with E-state index in [0.29, 0.717) is 22.7 Å². The maximum atomic E-state index is 15.5. The summed E-state index contributed by atoms with van der Waals surface area (Å²) in [6.45, 7) is 0.975. The number of carbonyl (C=O) groups is 2. The summed E-state index contributed by atoms with van der Waals surface area (Å²) in [6.07, 6.45) is 8.38. The summed E-state index contributed by atoms with van der Waals surface area (Å²) in [5, 5.41) is 26.4. The van der Waals surface area contributed by atoms with Crippen molar-refractivity contribution in [1.82, 2.24) is 14.2 Å². The lowest BCUT2D eigenvalue weighted by Gasteiger charge is -2.12. The topological polar surface area (TPSA) is 109 Å². The normalized spacial score (nSPS) is 13.4. The first kappa shape index (κ1) is 20.9. The number of aliphatic hydroxyl groups is 1. The average molecular weight is 448 g/mol. The second kappa shape index (κ2) is 7.86. The van der Waals surface area contributed by atoms with Crippen molar-refractivity contribution < 1.29 is 24.2 Å². The molecule has 1 aromatic carbocycles. The lowest BCUT2D eigenvalue weighted by atomic mass is 10.0. The lowest BCUT2D eigenvalue weighted by molar-refractivity contribution is 0.0987. The van der Waals surface area contributed by atoms with E-state index in [0.717, 1.165) is 12.8 Å². The molecule has 3 heterocycles. The van der Waals surface area contributed by atoms with Crippen molar-refractivity contribution in [2.24, 2.45) is 0 Å². The predicted octanol–water partition coefficient (Wildman–Crippen LogP) is 3.93. The zero-order valence-corrected chi connectivity index (χ0v) is 17.7. The highest BCUT2D eigenvalue weighted by molar-refractivity contribution is 6.16. The van der Waals surface area contributed by atoms with E-state index >= 15 is 4.39 Å². The van der Waals surface area contributed by atoms with Crippen LogP contribution in [-0.4, -0.2) is 36.1 Å². The molecule has 0 bridgehead atoms. The van der Waals surface area contributed by atoms with Crippen LogP contribution in [0.25, 0.3) is 16.6 Å². The van der Waals surface area contributed by atoms with E-state index in [1.165, 1.54) is 43.6 Å². The molecule has 0 radical (unpaired) electrons. The zero-order chi connectivity index (χ0) is 23.3. The number of aromatic nitrogens is 3. The molecule has 1 saturated carbocycles. The van der Waals surface area contributed by atoms with Crippen LogP contribution in [0.2, 0.25) is 0 Å². The number of aromatic hydroxyl groups is 1. The van der Waals surface area contributed by atoms with Gasteiger partial charge in [0.05, 0.1) is 35.6 Å². The van der Waals surface area contributed by atoms with Gasteiger partial charge in [-0.2, -0.15) is 5.10 Å². The third-order valence-corrected chi connectivity index (χ3v) is 5.77. The van der Waals surface area contributed by atoms with Gasteiger partial charge in [-0.3, -0.25) is 14.3 Å². The molecule has 3 aromatic heterocycles. The number of amides is 1. The summed E-state index contributed by atoms with van der Waals surface area (Å²) < 4.78 is 18.8. The molecule has 8 nitrogen and oxygen atoms in total. The standard InChI is InChI=1S/C24H21FN4O4/c1-13(31)19-11-28-5-4-17(32)8-21(28)22(19)24(33)27-20-7-14(12-30)6-18(23(20)25)15-9-26-29(10-15)16-2-3-16/h4-11,16,30,32H,2-3,12H2,1H3,(H,27,33). The van der Waals surface area contributed by atoms with Gasteiger partial charge in [-0.1, -0.05) is 0 Å². The fourth-order valence-electron chi connectivity index (χ4n) is 3.94. The van der Waals surface area contributed by atoms with Crippen molar-refractivity contribution in [3.8, 4) is 16.9 Å². The summed E-state index contributed by atoms with van der Waals surface area (Å²) in [6, 6.07) is 5.99. The number of Topliss-reactive ketones (excluding diaryl/α,β-unsaturated/α-hetero) is 1. The first-order chi connectivity index (χ1) is 15.9. The van der Waals surface area contributed by atoms with Gasteiger partial charge in [0.15, 0.2) is 11.6 Å². The highest BCUT2D eigenvalue weighted by Crippen LogP contribution is 2.36. The molecule has 0 saturated heterocycles. The Morgan fingerprint density at radius 2 is 2.03 bits per heavy atom. The van der Waals surface area contributed by atoms with Crippen molar-refractivity contribution >= 4 is 22.9 Å². The number of pyridine rings is 1. The molecular formula is C24H21FN4O4. The quantitative estimate of drug-likeness (QED) is 0.387. The first-order valence-electron chi connectivity index (χ1n) is 10.5. The van der Waals surface area contributed by atoms with E-state index in [1.54, 1.807) is 21.5 Å². The van der Waals surface area contributed by atoms with Crippen LogP contribution in [0.3, 0.4) is 0 Å². The van der Waals surface area contributed by atoms with Crippen LogP contribution in [0.4, 0.5) is 10.1 Å². The molecule has 0 atom stereocenters. The third-order valence-electron chi connectivity index (χ3n) is 5.77. The minimum atomic E-state index is -0.707. The molecule has 5 rings (SSSR count). The second-order valence-electron chi connectivity index (χ2n) is 8.21. The Balaban J connectivity index is 1.57. The SMILES string of the molecule is CC(=O)c1cn2ccc(O)cc2c1C(=O)Nc1cc(CO)cc(-c2cnn(C3CC3)c2)c1F. The van der Waals surface area contributed by atoms with E-state index in [2.05, 4.69) is 10.4 Å². The van der Waals surface area contributed by atoms with E-state index in [4.69, 9.17) is 0 Å². The van der Waals surface area contributed by atoms with Gasteiger partial charge in [0.1, 0.15) is 5.75 Å². The van der Waals surface area contributed by atoms with E-state index in [1.807, 2.05) is 0 Å². The zero-order valence-electron chi connectivity index (χ0n) is 17.7. The van der Waals surface area contributed by atoms with Crippen LogP contribution < -0.4 is 5.32 Å². The van der Waals surface area contributed by atoms with Gasteiger partial charge in [-0.15, -0.1) is 0 Å². The van der Waals surface area contributed by atoms with Crippen molar-refractivity contribution in [3.63, 3.8) is 0 Å². The number of nitrogens with zero attached hydrogens (tertiary/aromatic N) is 3. The molecular weight excluding hydrogens is 427 g/mol. The lowest BCUT2D eigenvalue weighted by Crippen LogP contribution is -2.16. The largest absolute Gasteiger partial charge is 0.508 e. The molecule has 1 amide bonds. The average Bonchev–Trinajstić information content (AvgIpc) is 3.39. The predicted molar refractivity (Wildman–Crippen MR) is 119 cm³/mol. The van der Waals surface area contributed by atoms with Gasteiger partial charge in [0.2, 0.25) is 0 Å². The highest BCUT2D eigenvalue weighted by atomic mass is 19.1. The number of anilines is 1. The monoisotopic (exact) mass is 448 g/mol. The Hall–Kier alpha value is -3.98. The molecule has 0 spiro atoms. The molecule has 1 aliphatic rings. The Kier molecular flexibility index (Phi) is 4.98. The number of hydrogen-bond donors (Lipinski definition) is 3. The molecule has 9 heteroatoms. The van der Waals surface area contributed by atoms with Gasteiger partial charge in [0.25, 0.3) is 5.91 Å². The minimum absolute atomic E-state index is 0.0234. The molecule has 0 unspecified atom stereocenters. The van der Waals surface area contributed by atoms with Gasteiger partial charge in [-0.05, 0) is 43.5 Å². The number of nitrogens with one attached hydrogen (secondary N) is 1. The first-order valence-corrected chi connectivity index (χ1v) is 10.5. The smallest absolute Gasteiger partial charge is 0.258 e. The second-order valence-corrected chi connectivity index (χ2v) is 8.21. The molecule has 1 fully saturated rings. The summed E-state index contributed by atoms with van der Waals surface area (Å²) in [5.74, 6) is -1.80. The number of benzene rings is 1. The number of halogens is 1. The van der Waals surface area contributed by atoms with Crippen molar-refractivity contribution in [1.29, 1.82) is 0 Å². The van der Waals surface area contributed by atoms with Crippen LogP contribution >= 0.6 is 0 Å². The van der Waals surface area contributed by atoms with Crippen molar-refractivity contribution in [3.05, 3.63) is 71.6 Å². The van der Waals surface area contributed by atoms with Crippen molar-refractivity contribution in [2.75, 3.05) is 5.32 Å². The van der Waals surface area contributed by atoms with Gasteiger partial charge in [0, 0.05) is 41.3 Å². The van der Waals surface area contributed by atoms with Crippen LogP contribution in [0.1, 0.15) is 52.1 Å². The molecule has 168 valence electrons. The van der Waals surface area contributed by atoms with Gasteiger partial charge < -0.3 is 19.9 Å². The Morgan fingerprint density at radius 3 is 2.73 bits per heavy atom. The third kappa shape index (κ3) is 3.76. The van der Waals surface area contributed by atoms with E-state index < -0.39 is 11.7 Å². The molecule has 3 N–H and O–H groups in total. The van der Waals surface area contributed by atoms with E-state index in [9.17, 15) is 19.8 Å².